The summed E-state index contributed by atoms with van der Waals surface area (Å²) in [6.45, 7) is 0.632. The number of aryl methyl sites for hydroxylation is 1. The molecule has 33 heavy (non-hydrogen) atoms. The third kappa shape index (κ3) is 5.24. The van der Waals surface area contributed by atoms with E-state index in [9.17, 15) is 19.5 Å². The number of phenolic OH excluding ortho intramolecular Hbond substituents is 1. The van der Waals surface area contributed by atoms with Crippen LogP contribution in [0.3, 0.4) is 0 Å². The first-order valence-corrected chi connectivity index (χ1v) is 12.0. The Bertz CT molecular complexity index is 1070. The Hall–Kier alpha value is -2.80. The van der Waals surface area contributed by atoms with Crippen LogP contribution in [-0.4, -0.2) is 21.6 Å². The SMILES string of the molecule is O=C(N[C@@H](C(=O)OCl)c1ccc(O)cc1)c1cc2c(n(CC3CCCCC3)c1=O)CCCC2. The van der Waals surface area contributed by atoms with Crippen LogP contribution in [0.2, 0.25) is 0 Å². The van der Waals surface area contributed by atoms with Crippen LogP contribution in [-0.2, 0) is 28.5 Å². The number of hydrogen-bond acceptors (Lipinski definition) is 5. The van der Waals surface area contributed by atoms with Gasteiger partial charge in [-0.2, -0.15) is 0 Å². The molecule has 0 saturated heterocycles. The highest BCUT2D eigenvalue weighted by atomic mass is 35.5. The molecular weight excluding hydrogens is 444 g/mol. The van der Waals surface area contributed by atoms with E-state index in [0.29, 0.717) is 18.0 Å². The smallest absolute Gasteiger partial charge is 0.351 e. The molecule has 1 atom stereocenters. The van der Waals surface area contributed by atoms with Gasteiger partial charge in [0.15, 0.2) is 6.04 Å². The highest BCUT2D eigenvalue weighted by Gasteiger charge is 2.28. The lowest BCUT2D eigenvalue weighted by atomic mass is 9.88. The van der Waals surface area contributed by atoms with Gasteiger partial charge in [-0.1, -0.05) is 31.4 Å². The van der Waals surface area contributed by atoms with E-state index in [1.165, 1.54) is 43.5 Å². The minimum absolute atomic E-state index is 0.0170. The summed E-state index contributed by atoms with van der Waals surface area (Å²) >= 11 is 5.30. The minimum atomic E-state index is -1.21. The maximum absolute atomic E-state index is 13.5. The molecule has 2 aliphatic carbocycles. The van der Waals surface area contributed by atoms with E-state index in [1.54, 1.807) is 6.07 Å². The molecule has 0 spiro atoms. The summed E-state index contributed by atoms with van der Waals surface area (Å²) in [5.74, 6) is -1.07. The molecule has 176 valence electrons. The zero-order valence-corrected chi connectivity index (χ0v) is 19.3. The van der Waals surface area contributed by atoms with Crippen molar-refractivity contribution in [3.8, 4) is 5.75 Å². The number of benzene rings is 1. The molecule has 0 aliphatic heterocycles. The van der Waals surface area contributed by atoms with Gasteiger partial charge in [-0.25, -0.2) is 4.79 Å². The van der Waals surface area contributed by atoms with E-state index in [1.807, 2.05) is 4.57 Å². The first-order valence-electron chi connectivity index (χ1n) is 11.7. The van der Waals surface area contributed by atoms with Crippen LogP contribution in [0.25, 0.3) is 0 Å². The zero-order valence-electron chi connectivity index (χ0n) is 18.5. The quantitative estimate of drug-likeness (QED) is 0.657. The number of aromatic nitrogens is 1. The number of pyridine rings is 1. The van der Waals surface area contributed by atoms with Crippen LogP contribution >= 0.6 is 11.9 Å². The Kier molecular flexibility index (Phi) is 7.38. The standard InChI is InChI=1S/C25H29ClN2O5/c26-33-25(32)22(17-10-12-19(29)13-11-17)27-23(30)20-14-18-8-4-5-9-21(18)28(24(20)31)15-16-6-2-1-3-7-16/h10-14,16,22,29H,1-9,15H2,(H,27,30)/t22-/m1/s1. The van der Waals surface area contributed by atoms with Gasteiger partial charge in [0.1, 0.15) is 23.2 Å². The first-order chi connectivity index (χ1) is 16.0. The van der Waals surface area contributed by atoms with Crippen LogP contribution < -0.4 is 10.9 Å². The van der Waals surface area contributed by atoms with Crippen LogP contribution in [0, 0.1) is 5.92 Å². The maximum Gasteiger partial charge on any atom is 0.351 e. The van der Waals surface area contributed by atoms with Crippen molar-refractivity contribution < 1.29 is 19.0 Å². The number of carbonyl (C=O) groups excluding carboxylic acids is 2. The Morgan fingerprint density at radius 2 is 1.79 bits per heavy atom. The van der Waals surface area contributed by atoms with Gasteiger partial charge in [0, 0.05) is 12.2 Å². The van der Waals surface area contributed by atoms with Gasteiger partial charge in [0.05, 0.1) is 0 Å². The summed E-state index contributed by atoms with van der Waals surface area (Å²) in [6, 6.07) is 6.24. The van der Waals surface area contributed by atoms with Crippen molar-refractivity contribution in [2.24, 2.45) is 5.92 Å². The number of nitrogens with zero attached hydrogens (tertiary/aromatic N) is 1. The van der Waals surface area contributed by atoms with E-state index in [2.05, 4.69) is 9.61 Å². The van der Waals surface area contributed by atoms with Gasteiger partial charge in [-0.3, -0.25) is 9.59 Å². The van der Waals surface area contributed by atoms with Gasteiger partial charge < -0.3 is 19.3 Å². The normalized spacial score (nSPS) is 17.1. The second-order valence-corrected chi connectivity index (χ2v) is 9.21. The largest absolute Gasteiger partial charge is 0.508 e. The number of hydrogen-bond donors (Lipinski definition) is 2. The lowest BCUT2D eigenvalue weighted by molar-refractivity contribution is -0.136. The van der Waals surface area contributed by atoms with Crippen LogP contribution in [0.4, 0.5) is 0 Å². The summed E-state index contributed by atoms with van der Waals surface area (Å²) in [4.78, 5) is 39.0. The van der Waals surface area contributed by atoms with Crippen LogP contribution in [0.15, 0.2) is 35.1 Å². The molecule has 1 aromatic heterocycles. The summed E-state index contributed by atoms with van der Waals surface area (Å²) in [5, 5.41) is 12.1. The molecule has 1 aromatic carbocycles. The average Bonchev–Trinajstić information content (AvgIpc) is 2.84. The summed E-state index contributed by atoms with van der Waals surface area (Å²) in [7, 11) is 0. The second-order valence-electron chi connectivity index (χ2n) is 9.05. The summed E-state index contributed by atoms with van der Waals surface area (Å²) < 4.78 is 6.17. The Balaban J connectivity index is 1.67. The van der Waals surface area contributed by atoms with Gasteiger partial charge in [0.25, 0.3) is 11.5 Å². The molecule has 7 nitrogen and oxygen atoms in total. The zero-order chi connectivity index (χ0) is 23.4. The van der Waals surface area contributed by atoms with Crippen molar-refractivity contribution in [1.82, 2.24) is 9.88 Å². The fraction of sp³-hybridized carbons (Fsp3) is 0.480. The molecule has 1 amide bonds. The summed E-state index contributed by atoms with van der Waals surface area (Å²) in [6.07, 6.45) is 9.51. The molecule has 0 unspecified atom stereocenters. The number of phenols is 1. The van der Waals surface area contributed by atoms with E-state index in [4.69, 9.17) is 11.9 Å². The molecule has 4 rings (SSSR count). The number of aromatic hydroxyl groups is 1. The van der Waals surface area contributed by atoms with Crippen molar-refractivity contribution in [2.75, 3.05) is 0 Å². The van der Waals surface area contributed by atoms with E-state index < -0.39 is 17.9 Å². The highest BCUT2D eigenvalue weighted by Crippen LogP contribution is 2.28. The average molecular weight is 473 g/mol. The first kappa shape index (κ1) is 23.4. The fourth-order valence-electron chi connectivity index (χ4n) is 5.06. The molecule has 1 saturated carbocycles. The van der Waals surface area contributed by atoms with Crippen LogP contribution in [0.1, 0.15) is 78.2 Å². The number of nitrogens with one attached hydrogen (secondary N) is 1. The molecule has 2 aromatic rings. The van der Waals surface area contributed by atoms with Gasteiger partial charge in [-0.15, -0.1) is 0 Å². The van der Waals surface area contributed by atoms with Gasteiger partial charge >= 0.3 is 5.97 Å². The molecule has 0 bridgehead atoms. The number of halogens is 1. The van der Waals surface area contributed by atoms with Crippen LogP contribution in [0.5, 0.6) is 5.75 Å². The van der Waals surface area contributed by atoms with Crippen molar-refractivity contribution in [3.05, 3.63) is 63.1 Å². The monoisotopic (exact) mass is 472 g/mol. The van der Waals surface area contributed by atoms with Crippen molar-refractivity contribution in [1.29, 1.82) is 0 Å². The fourth-order valence-corrected chi connectivity index (χ4v) is 5.15. The predicted octanol–water partition coefficient (Wildman–Crippen LogP) is 4.18. The topological polar surface area (TPSA) is 97.6 Å². The Morgan fingerprint density at radius 1 is 1.09 bits per heavy atom. The minimum Gasteiger partial charge on any atom is -0.508 e. The number of rotatable bonds is 6. The van der Waals surface area contributed by atoms with E-state index in [-0.39, 0.29) is 16.9 Å². The third-order valence-corrected chi connectivity index (χ3v) is 6.98. The van der Waals surface area contributed by atoms with E-state index in [0.717, 1.165) is 49.8 Å². The highest BCUT2D eigenvalue weighted by molar-refractivity contribution is 6.14. The lowest BCUT2D eigenvalue weighted by Crippen LogP contribution is -2.40. The molecule has 8 heteroatoms. The molecule has 1 fully saturated rings. The van der Waals surface area contributed by atoms with Gasteiger partial charge in [0.2, 0.25) is 0 Å². The molecule has 2 N–H and O–H groups in total. The maximum atomic E-state index is 13.5. The third-order valence-electron chi connectivity index (χ3n) is 6.82. The second kappa shape index (κ2) is 10.4. The summed E-state index contributed by atoms with van der Waals surface area (Å²) in [5.41, 5.74) is 2.17. The van der Waals surface area contributed by atoms with Crippen molar-refractivity contribution in [3.63, 3.8) is 0 Å². The van der Waals surface area contributed by atoms with E-state index >= 15 is 0 Å². The van der Waals surface area contributed by atoms with Crippen molar-refractivity contribution in [2.45, 2.75) is 70.4 Å². The predicted molar refractivity (Wildman–Crippen MR) is 124 cm³/mol. The van der Waals surface area contributed by atoms with Gasteiger partial charge in [-0.05, 0) is 73.8 Å². The number of amides is 1. The van der Waals surface area contributed by atoms with Crippen molar-refractivity contribution >= 4 is 23.7 Å². The molecule has 2 aliphatic rings. The Morgan fingerprint density at radius 3 is 2.48 bits per heavy atom. The lowest BCUT2D eigenvalue weighted by Gasteiger charge is -2.27. The molecule has 0 radical (unpaired) electrons. The molecular formula is C25H29ClN2O5. The number of fused-ring (bicyclic) bond motifs is 1. The molecule has 1 heterocycles. The number of carbonyl (C=O) groups is 2. The Labute approximate surface area is 197 Å².